The highest BCUT2D eigenvalue weighted by molar-refractivity contribution is 8.08. The highest BCUT2D eigenvalue weighted by Gasteiger charge is 2.23. The number of carbonyl (C=O) groups excluding carboxylic acids is 1. The van der Waals surface area contributed by atoms with Gasteiger partial charge in [-0.25, -0.2) is 13.8 Å². The lowest BCUT2D eigenvalue weighted by molar-refractivity contribution is 0.0996. The van der Waals surface area contributed by atoms with Crippen molar-refractivity contribution in [2.45, 2.75) is 6.42 Å². The number of benzene rings is 1. The van der Waals surface area contributed by atoms with Crippen LogP contribution in [0, 0.1) is 11.6 Å². The summed E-state index contributed by atoms with van der Waals surface area (Å²) >= 11 is 1.53. The Morgan fingerprint density at radius 2 is 2.05 bits per heavy atom. The fourth-order valence-electron chi connectivity index (χ4n) is 2.16. The van der Waals surface area contributed by atoms with E-state index in [0.29, 0.717) is 5.69 Å². The van der Waals surface area contributed by atoms with E-state index in [9.17, 15) is 13.6 Å². The van der Waals surface area contributed by atoms with Gasteiger partial charge in [-0.2, -0.15) is 0 Å². The Morgan fingerprint density at radius 1 is 1.33 bits per heavy atom. The zero-order valence-corrected chi connectivity index (χ0v) is 11.6. The monoisotopic (exact) mass is 307 g/mol. The summed E-state index contributed by atoms with van der Waals surface area (Å²) in [4.78, 5) is 19.1. The lowest BCUT2D eigenvalue weighted by atomic mass is 10.2. The van der Waals surface area contributed by atoms with Crippen molar-refractivity contribution in [3.63, 3.8) is 0 Å². The van der Waals surface area contributed by atoms with Crippen molar-refractivity contribution in [3.05, 3.63) is 47.3 Å². The molecule has 0 bridgehead atoms. The van der Waals surface area contributed by atoms with Crippen molar-refractivity contribution < 1.29 is 13.6 Å². The first-order valence-corrected chi connectivity index (χ1v) is 7.24. The quantitative estimate of drug-likeness (QED) is 0.916. The molecule has 0 atom stereocenters. The molecule has 2 aromatic rings. The molecule has 3 N–H and O–H groups in total. The largest absolute Gasteiger partial charge is 0.364 e. The van der Waals surface area contributed by atoms with Crippen molar-refractivity contribution in [2.24, 2.45) is 5.73 Å². The summed E-state index contributed by atoms with van der Waals surface area (Å²) < 4.78 is 27.6. The molecule has 21 heavy (non-hydrogen) atoms. The number of imidazole rings is 1. The Hall–Kier alpha value is -2.15. The minimum atomic E-state index is -0.751. The zero-order chi connectivity index (χ0) is 15.0. The van der Waals surface area contributed by atoms with Gasteiger partial charge in [0, 0.05) is 10.7 Å². The Kier molecular flexibility index (Phi) is 3.50. The van der Waals surface area contributed by atoms with E-state index in [1.165, 1.54) is 17.8 Å². The highest BCUT2D eigenvalue weighted by atomic mass is 32.2. The van der Waals surface area contributed by atoms with Crippen molar-refractivity contribution in [2.75, 3.05) is 5.75 Å². The number of halogens is 2. The van der Waals surface area contributed by atoms with Crippen molar-refractivity contribution in [3.8, 4) is 11.4 Å². The SMILES string of the molecule is NC(=O)c1[nH]c(-c2c(F)cccc2F)nc1C1=CCCS1. The molecule has 0 saturated heterocycles. The number of nitrogens with one attached hydrogen (secondary N) is 1. The summed E-state index contributed by atoms with van der Waals surface area (Å²) in [6.07, 6.45) is 2.78. The second-order valence-corrected chi connectivity index (χ2v) is 5.61. The molecule has 1 aromatic carbocycles. The summed E-state index contributed by atoms with van der Waals surface area (Å²) in [5.74, 6) is -1.38. The first kappa shape index (κ1) is 13.8. The number of nitrogens with zero attached hydrogens (tertiary/aromatic N) is 1. The number of thioether (sulfide) groups is 1. The third-order valence-electron chi connectivity index (χ3n) is 3.09. The topological polar surface area (TPSA) is 71.8 Å². The molecule has 4 nitrogen and oxygen atoms in total. The van der Waals surface area contributed by atoms with Crippen LogP contribution in [0.2, 0.25) is 0 Å². The molecule has 0 aliphatic carbocycles. The molecular weight excluding hydrogens is 296 g/mol. The summed E-state index contributed by atoms with van der Waals surface area (Å²) in [5.41, 5.74) is 5.43. The predicted octanol–water partition coefficient (Wildman–Crippen LogP) is 2.93. The van der Waals surface area contributed by atoms with Gasteiger partial charge in [-0.3, -0.25) is 4.79 Å². The predicted molar refractivity (Wildman–Crippen MR) is 77.5 cm³/mol. The molecule has 0 saturated carbocycles. The first-order valence-electron chi connectivity index (χ1n) is 6.25. The number of hydrogen-bond acceptors (Lipinski definition) is 3. The standard InChI is InChI=1S/C14H11F2N3OS/c15-7-3-1-4-8(16)10(7)14-18-11(9-5-2-6-21-9)12(19-14)13(17)20/h1,3-5H,2,6H2,(H2,17,20)(H,18,19). The fraction of sp³-hybridized carbons (Fsp3) is 0.143. The smallest absolute Gasteiger partial charge is 0.267 e. The number of carbonyl (C=O) groups is 1. The minimum Gasteiger partial charge on any atom is -0.364 e. The van der Waals surface area contributed by atoms with Crippen LogP contribution in [0.25, 0.3) is 16.3 Å². The Labute approximate surface area is 123 Å². The lowest BCUT2D eigenvalue weighted by Crippen LogP contribution is -2.13. The number of H-pyrrole nitrogens is 1. The second-order valence-electron chi connectivity index (χ2n) is 4.48. The summed E-state index contributed by atoms with van der Waals surface area (Å²) in [5, 5.41) is 0. The van der Waals surface area contributed by atoms with Gasteiger partial charge in [-0.1, -0.05) is 12.1 Å². The Morgan fingerprint density at radius 3 is 2.62 bits per heavy atom. The number of rotatable bonds is 3. The summed E-state index contributed by atoms with van der Waals surface area (Å²) in [7, 11) is 0. The van der Waals surface area contributed by atoms with E-state index in [0.717, 1.165) is 29.2 Å². The van der Waals surface area contributed by atoms with Crippen LogP contribution in [0.1, 0.15) is 22.6 Å². The van der Waals surface area contributed by atoms with Gasteiger partial charge in [-0.05, 0) is 18.6 Å². The van der Waals surface area contributed by atoms with E-state index in [1.807, 2.05) is 6.08 Å². The number of aromatic amines is 1. The fourth-order valence-corrected chi connectivity index (χ4v) is 3.13. The number of allylic oxidation sites excluding steroid dienone is 1. The summed E-state index contributed by atoms with van der Waals surface area (Å²) in [6.45, 7) is 0. The molecule has 1 aromatic heterocycles. The maximum atomic E-state index is 13.8. The maximum Gasteiger partial charge on any atom is 0.267 e. The van der Waals surface area contributed by atoms with E-state index < -0.39 is 17.5 Å². The molecule has 3 rings (SSSR count). The van der Waals surface area contributed by atoms with Crippen LogP contribution in [0.5, 0.6) is 0 Å². The van der Waals surface area contributed by atoms with Crippen LogP contribution in [0.3, 0.4) is 0 Å². The van der Waals surface area contributed by atoms with E-state index in [-0.39, 0.29) is 17.1 Å². The average Bonchev–Trinajstić information content (AvgIpc) is 3.07. The molecule has 1 amide bonds. The molecule has 0 unspecified atom stereocenters. The third kappa shape index (κ3) is 2.44. The maximum absolute atomic E-state index is 13.8. The molecule has 0 radical (unpaired) electrons. The Bertz CT molecular complexity index is 734. The van der Waals surface area contributed by atoms with Crippen molar-refractivity contribution in [1.29, 1.82) is 0 Å². The highest BCUT2D eigenvalue weighted by Crippen LogP contribution is 2.36. The average molecular weight is 307 g/mol. The van der Waals surface area contributed by atoms with Gasteiger partial charge in [-0.15, -0.1) is 11.8 Å². The van der Waals surface area contributed by atoms with Crippen LogP contribution < -0.4 is 5.73 Å². The van der Waals surface area contributed by atoms with Crippen LogP contribution in [0.4, 0.5) is 8.78 Å². The molecule has 7 heteroatoms. The molecule has 0 spiro atoms. The van der Waals surface area contributed by atoms with Crippen molar-refractivity contribution in [1.82, 2.24) is 9.97 Å². The van der Waals surface area contributed by atoms with E-state index in [2.05, 4.69) is 9.97 Å². The number of hydrogen-bond donors (Lipinski definition) is 2. The first-order chi connectivity index (χ1) is 10.1. The van der Waals surface area contributed by atoms with Crippen LogP contribution in [-0.2, 0) is 0 Å². The number of nitrogens with two attached hydrogens (primary N) is 1. The molecule has 1 aliphatic heterocycles. The van der Waals surface area contributed by atoms with Gasteiger partial charge in [0.05, 0.1) is 5.56 Å². The number of amides is 1. The van der Waals surface area contributed by atoms with Gasteiger partial charge >= 0.3 is 0 Å². The summed E-state index contributed by atoms with van der Waals surface area (Å²) in [6, 6.07) is 3.53. The normalized spacial score (nSPS) is 14.3. The zero-order valence-electron chi connectivity index (χ0n) is 10.8. The second kappa shape index (κ2) is 5.33. The molecular formula is C14H11F2N3OS. The van der Waals surface area contributed by atoms with E-state index >= 15 is 0 Å². The Balaban J connectivity index is 2.17. The molecule has 108 valence electrons. The van der Waals surface area contributed by atoms with E-state index in [4.69, 9.17) is 5.73 Å². The van der Waals surface area contributed by atoms with Crippen LogP contribution >= 0.6 is 11.8 Å². The number of primary amides is 1. The van der Waals surface area contributed by atoms with Gasteiger partial charge in [0.25, 0.3) is 5.91 Å². The van der Waals surface area contributed by atoms with Gasteiger partial charge in [0.1, 0.15) is 28.8 Å². The number of aromatic nitrogens is 2. The third-order valence-corrected chi connectivity index (χ3v) is 4.20. The van der Waals surface area contributed by atoms with E-state index in [1.54, 1.807) is 0 Å². The van der Waals surface area contributed by atoms with Crippen molar-refractivity contribution >= 4 is 22.6 Å². The van der Waals surface area contributed by atoms with Gasteiger partial charge < -0.3 is 10.7 Å². The molecule has 2 heterocycles. The van der Waals surface area contributed by atoms with Gasteiger partial charge in [0.15, 0.2) is 0 Å². The van der Waals surface area contributed by atoms with Crippen LogP contribution in [-0.4, -0.2) is 21.6 Å². The van der Waals surface area contributed by atoms with Crippen LogP contribution in [0.15, 0.2) is 24.3 Å². The minimum absolute atomic E-state index is 0.0391. The lowest BCUT2D eigenvalue weighted by Gasteiger charge is -2.00. The molecule has 0 fully saturated rings. The molecule has 1 aliphatic rings. The van der Waals surface area contributed by atoms with Gasteiger partial charge in [0.2, 0.25) is 0 Å².